The van der Waals surface area contributed by atoms with Crippen molar-refractivity contribution in [2.24, 2.45) is 0 Å². The minimum absolute atomic E-state index is 0.0532. The molecule has 1 amide bonds. The summed E-state index contributed by atoms with van der Waals surface area (Å²) < 4.78 is 7.84. The first-order valence-electron chi connectivity index (χ1n) is 8.75. The number of benzene rings is 1. The number of thiophene rings is 1. The summed E-state index contributed by atoms with van der Waals surface area (Å²) in [7, 11) is 0. The van der Waals surface area contributed by atoms with Crippen LogP contribution >= 0.6 is 11.3 Å². The van der Waals surface area contributed by atoms with Crippen LogP contribution in [0.15, 0.2) is 48.7 Å². The molecule has 0 radical (unpaired) electrons. The molecule has 3 heterocycles. The quantitative estimate of drug-likeness (QED) is 0.752. The average molecular weight is 367 g/mol. The van der Waals surface area contributed by atoms with E-state index in [1.165, 1.54) is 22.5 Å². The van der Waals surface area contributed by atoms with Crippen molar-refractivity contribution in [3.05, 3.63) is 75.2 Å². The van der Waals surface area contributed by atoms with Gasteiger partial charge in [0.25, 0.3) is 5.91 Å². The number of carbonyl (C=O) groups excluding carboxylic acids is 1. The summed E-state index contributed by atoms with van der Waals surface area (Å²) in [6.45, 7) is 3.83. The molecule has 5 nitrogen and oxygen atoms in total. The lowest BCUT2D eigenvalue weighted by atomic mass is 10.1. The molecule has 1 aromatic carbocycles. The second-order valence-electron chi connectivity index (χ2n) is 6.45. The third-order valence-electron chi connectivity index (χ3n) is 4.47. The molecule has 0 fully saturated rings. The number of nitrogens with one attached hydrogen (secondary N) is 1. The number of carbonyl (C=O) groups is 1. The third-order valence-corrected chi connectivity index (χ3v) is 5.46. The zero-order valence-corrected chi connectivity index (χ0v) is 15.5. The molecule has 0 unspecified atom stereocenters. The summed E-state index contributed by atoms with van der Waals surface area (Å²) in [4.78, 5) is 14.1. The molecule has 4 rings (SSSR count). The number of aromatic nitrogens is 2. The van der Waals surface area contributed by atoms with Crippen LogP contribution in [0.5, 0.6) is 0 Å². The SMILES string of the molecule is Cc1ccc(C(=O)NC[C@@H]2OCCc3cn(Cc4ccccc4)nc32)s1. The number of rotatable bonds is 5. The fraction of sp³-hybridized carbons (Fsp3) is 0.300. The van der Waals surface area contributed by atoms with Gasteiger partial charge >= 0.3 is 0 Å². The third kappa shape index (κ3) is 3.71. The molecular formula is C20H21N3O2S. The molecule has 0 aliphatic carbocycles. The number of hydrogen-bond acceptors (Lipinski definition) is 4. The van der Waals surface area contributed by atoms with Gasteiger partial charge in [0.2, 0.25) is 0 Å². The zero-order valence-electron chi connectivity index (χ0n) is 14.6. The van der Waals surface area contributed by atoms with Crippen molar-refractivity contribution >= 4 is 17.2 Å². The van der Waals surface area contributed by atoms with Crippen molar-refractivity contribution in [3.63, 3.8) is 0 Å². The van der Waals surface area contributed by atoms with Crippen LogP contribution in [0, 0.1) is 6.92 Å². The molecule has 6 heteroatoms. The monoisotopic (exact) mass is 367 g/mol. The molecule has 0 saturated heterocycles. The lowest BCUT2D eigenvalue weighted by molar-refractivity contribution is 0.0384. The maximum absolute atomic E-state index is 12.3. The topological polar surface area (TPSA) is 56.1 Å². The Morgan fingerprint density at radius 2 is 2.15 bits per heavy atom. The lowest BCUT2D eigenvalue weighted by Gasteiger charge is -2.22. The van der Waals surface area contributed by atoms with Crippen LogP contribution in [-0.4, -0.2) is 28.8 Å². The van der Waals surface area contributed by atoms with Gasteiger partial charge in [0.1, 0.15) is 6.10 Å². The van der Waals surface area contributed by atoms with E-state index in [4.69, 9.17) is 9.84 Å². The Labute approximate surface area is 156 Å². The number of fused-ring (bicyclic) bond motifs is 1. The van der Waals surface area contributed by atoms with Gasteiger partial charge in [0, 0.05) is 17.6 Å². The minimum Gasteiger partial charge on any atom is -0.370 e. The molecule has 0 spiro atoms. The average Bonchev–Trinajstić information content (AvgIpc) is 3.26. The molecule has 3 aromatic rings. The van der Waals surface area contributed by atoms with Crippen molar-refractivity contribution < 1.29 is 9.53 Å². The summed E-state index contributed by atoms with van der Waals surface area (Å²) in [5, 5.41) is 7.70. The number of hydrogen-bond donors (Lipinski definition) is 1. The summed E-state index contributed by atoms with van der Waals surface area (Å²) in [5.74, 6) is -0.0532. The first-order valence-corrected chi connectivity index (χ1v) is 9.57. The molecule has 1 aliphatic rings. The molecule has 0 saturated carbocycles. The van der Waals surface area contributed by atoms with Crippen LogP contribution in [0.4, 0.5) is 0 Å². The second kappa shape index (κ2) is 7.43. The molecule has 26 heavy (non-hydrogen) atoms. The van der Waals surface area contributed by atoms with Crippen molar-refractivity contribution in [3.8, 4) is 0 Å². The van der Waals surface area contributed by atoms with Gasteiger partial charge in [-0.15, -0.1) is 11.3 Å². The van der Waals surface area contributed by atoms with Gasteiger partial charge in [0.05, 0.1) is 23.7 Å². The van der Waals surface area contributed by atoms with Crippen LogP contribution in [0.2, 0.25) is 0 Å². The highest BCUT2D eigenvalue weighted by atomic mass is 32.1. The predicted molar refractivity (Wildman–Crippen MR) is 102 cm³/mol. The predicted octanol–water partition coefficient (Wildman–Crippen LogP) is 3.35. The van der Waals surface area contributed by atoms with Gasteiger partial charge in [-0.3, -0.25) is 9.48 Å². The number of aryl methyl sites for hydroxylation is 1. The van der Waals surface area contributed by atoms with Crippen LogP contribution in [-0.2, 0) is 17.7 Å². The Morgan fingerprint density at radius 1 is 1.31 bits per heavy atom. The van der Waals surface area contributed by atoms with Crippen LogP contribution in [0.3, 0.4) is 0 Å². The lowest BCUT2D eigenvalue weighted by Crippen LogP contribution is -2.31. The minimum atomic E-state index is -0.194. The van der Waals surface area contributed by atoms with E-state index in [0.29, 0.717) is 13.2 Å². The Kier molecular flexibility index (Phi) is 4.86. The smallest absolute Gasteiger partial charge is 0.261 e. The van der Waals surface area contributed by atoms with Gasteiger partial charge in [-0.2, -0.15) is 5.10 Å². The highest BCUT2D eigenvalue weighted by Crippen LogP contribution is 2.26. The first kappa shape index (κ1) is 17.0. The van der Waals surface area contributed by atoms with Gasteiger partial charge in [0.15, 0.2) is 0 Å². The molecule has 134 valence electrons. The highest BCUT2D eigenvalue weighted by Gasteiger charge is 2.25. The van der Waals surface area contributed by atoms with Gasteiger partial charge < -0.3 is 10.1 Å². The Hall–Kier alpha value is -2.44. The Morgan fingerprint density at radius 3 is 2.92 bits per heavy atom. The van der Waals surface area contributed by atoms with Crippen LogP contribution in [0.1, 0.15) is 37.5 Å². The van der Waals surface area contributed by atoms with E-state index in [1.807, 2.05) is 41.9 Å². The van der Waals surface area contributed by atoms with E-state index in [-0.39, 0.29) is 12.0 Å². The zero-order chi connectivity index (χ0) is 17.9. The number of ether oxygens (including phenoxy) is 1. The summed E-state index contributed by atoms with van der Waals surface area (Å²) in [6.07, 6.45) is 2.77. The first-order chi connectivity index (χ1) is 12.7. The Balaban J connectivity index is 1.44. The normalized spacial score (nSPS) is 16.3. The van der Waals surface area contributed by atoms with Crippen molar-refractivity contribution in [1.82, 2.24) is 15.1 Å². The number of nitrogens with zero attached hydrogens (tertiary/aromatic N) is 2. The fourth-order valence-electron chi connectivity index (χ4n) is 3.17. The second-order valence-corrected chi connectivity index (χ2v) is 7.74. The van der Waals surface area contributed by atoms with Crippen LogP contribution < -0.4 is 5.32 Å². The summed E-state index contributed by atoms with van der Waals surface area (Å²) >= 11 is 1.50. The van der Waals surface area contributed by atoms with E-state index in [1.54, 1.807) is 0 Å². The molecular weight excluding hydrogens is 346 g/mol. The molecule has 2 aromatic heterocycles. The largest absolute Gasteiger partial charge is 0.370 e. The maximum atomic E-state index is 12.3. The van der Waals surface area contributed by atoms with Crippen molar-refractivity contribution in [1.29, 1.82) is 0 Å². The molecule has 1 atom stereocenters. The van der Waals surface area contributed by atoms with Gasteiger partial charge in [-0.1, -0.05) is 30.3 Å². The van der Waals surface area contributed by atoms with Crippen LogP contribution in [0.25, 0.3) is 0 Å². The van der Waals surface area contributed by atoms with E-state index < -0.39 is 0 Å². The van der Waals surface area contributed by atoms with Crippen molar-refractivity contribution in [2.75, 3.05) is 13.2 Å². The Bertz CT molecular complexity index is 901. The number of amides is 1. The van der Waals surface area contributed by atoms with E-state index in [2.05, 4.69) is 23.6 Å². The summed E-state index contributed by atoms with van der Waals surface area (Å²) in [6, 6.07) is 14.1. The molecule has 0 bridgehead atoms. The molecule has 1 N–H and O–H groups in total. The standard InChI is InChI=1S/C20H21N3O2S/c1-14-7-8-18(26-14)20(24)21-11-17-19-16(9-10-25-17)13-23(22-19)12-15-5-3-2-4-6-15/h2-8,13,17H,9-12H2,1H3,(H,21,24)/t17-/m0/s1. The maximum Gasteiger partial charge on any atom is 0.261 e. The summed E-state index contributed by atoms with van der Waals surface area (Å²) in [5.41, 5.74) is 3.36. The molecule has 1 aliphatic heterocycles. The fourth-order valence-corrected chi connectivity index (χ4v) is 3.95. The van der Waals surface area contributed by atoms with E-state index in [0.717, 1.165) is 28.4 Å². The van der Waals surface area contributed by atoms with Gasteiger partial charge in [-0.25, -0.2) is 0 Å². The van der Waals surface area contributed by atoms with Gasteiger partial charge in [-0.05, 0) is 36.6 Å². The van der Waals surface area contributed by atoms with E-state index >= 15 is 0 Å². The van der Waals surface area contributed by atoms with E-state index in [9.17, 15) is 4.79 Å². The van der Waals surface area contributed by atoms with Crippen molar-refractivity contribution in [2.45, 2.75) is 26.0 Å². The highest BCUT2D eigenvalue weighted by molar-refractivity contribution is 7.13.